The maximum Gasteiger partial charge on any atom is 0.307 e. The highest BCUT2D eigenvalue weighted by Crippen LogP contribution is 2.30. The second-order valence-corrected chi connectivity index (χ2v) is 6.28. The number of aliphatic carboxylic acids is 1. The molecule has 4 nitrogen and oxygen atoms in total. The third-order valence-corrected chi connectivity index (χ3v) is 4.67. The lowest BCUT2D eigenvalue weighted by Crippen LogP contribution is -2.41. The smallest absolute Gasteiger partial charge is 0.307 e. The van der Waals surface area contributed by atoms with Gasteiger partial charge in [-0.15, -0.1) is 0 Å². The lowest BCUT2D eigenvalue weighted by Gasteiger charge is -2.37. The summed E-state index contributed by atoms with van der Waals surface area (Å²) in [6.45, 7) is 5.96. The second kappa shape index (κ2) is 8.28. The molecule has 2 rings (SSSR count). The molecule has 1 fully saturated rings. The Hall–Kier alpha value is -1.42. The van der Waals surface area contributed by atoms with Crippen molar-refractivity contribution in [1.29, 1.82) is 0 Å². The van der Waals surface area contributed by atoms with Gasteiger partial charge < -0.3 is 5.11 Å². The van der Waals surface area contributed by atoms with Crippen molar-refractivity contribution in [2.24, 2.45) is 5.92 Å². The maximum absolute atomic E-state index is 11.3. The van der Waals surface area contributed by atoms with Crippen LogP contribution < -0.4 is 0 Å². The third-order valence-electron chi connectivity index (χ3n) is 4.67. The highest BCUT2D eigenvalue weighted by molar-refractivity contribution is 5.70. The van der Waals surface area contributed by atoms with Crippen LogP contribution in [-0.2, 0) is 11.2 Å². The molecule has 0 aromatic carbocycles. The van der Waals surface area contributed by atoms with Crippen molar-refractivity contribution >= 4 is 5.97 Å². The normalized spacial score (nSPS) is 20.7. The van der Waals surface area contributed by atoms with E-state index in [-0.39, 0.29) is 12.0 Å². The Morgan fingerprint density at radius 1 is 1.45 bits per heavy atom. The Balaban J connectivity index is 2.15. The van der Waals surface area contributed by atoms with Crippen molar-refractivity contribution in [2.45, 2.75) is 58.4 Å². The molecule has 4 heteroatoms. The van der Waals surface area contributed by atoms with Crippen molar-refractivity contribution in [3.05, 3.63) is 29.6 Å². The molecular weight excluding hydrogens is 276 g/mol. The quantitative estimate of drug-likeness (QED) is 0.835. The van der Waals surface area contributed by atoms with Crippen LogP contribution in [0.3, 0.4) is 0 Å². The van der Waals surface area contributed by atoms with Crippen LogP contribution in [0.1, 0.15) is 63.3 Å². The van der Waals surface area contributed by atoms with E-state index in [1.165, 1.54) is 5.56 Å². The van der Waals surface area contributed by atoms with E-state index in [1.54, 1.807) is 0 Å². The van der Waals surface area contributed by atoms with E-state index < -0.39 is 5.97 Å². The average Bonchev–Trinajstić information content (AvgIpc) is 2.56. The van der Waals surface area contributed by atoms with Crippen LogP contribution in [0.4, 0.5) is 0 Å². The van der Waals surface area contributed by atoms with E-state index in [9.17, 15) is 9.90 Å². The van der Waals surface area contributed by atoms with Crippen molar-refractivity contribution < 1.29 is 9.90 Å². The van der Waals surface area contributed by atoms with E-state index in [2.05, 4.69) is 35.9 Å². The lowest BCUT2D eigenvalue weighted by molar-refractivity contribution is -0.144. The van der Waals surface area contributed by atoms with Gasteiger partial charge in [0.2, 0.25) is 0 Å². The number of nitrogens with zero attached hydrogens (tertiary/aromatic N) is 2. The third kappa shape index (κ3) is 4.29. The predicted molar refractivity (Wildman–Crippen MR) is 87.8 cm³/mol. The maximum atomic E-state index is 11.3. The monoisotopic (exact) mass is 304 g/mol. The van der Waals surface area contributed by atoms with Gasteiger partial charge in [0.25, 0.3) is 0 Å². The van der Waals surface area contributed by atoms with Crippen molar-refractivity contribution in [2.75, 3.05) is 13.1 Å². The van der Waals surface area contributed by atoms with Crippen LogP contribution in [0.5, 0.6) is 0 Å². The largest absolute Gasteiger partial charge is 0.481 e. The van der Waals surface area contributed by atoms with Crippen LogP contribution >= 0.6 is 0 Å². The molecule has 1 saturated heterocycles. The number of carbonyl (C=O) groups is 1. The van der Waals surface area contributed by atoms with Crippen molar-refractivity contribution in [3.8, 4) is 0 Å². The number of hydrogen-bond acceptors (Lipinski definition) is 3. The molecular formula is C18H28N2O2. The molecule has 122 valence electrons. The fourth-order valence-corrected chi connectivity index (χ4v) is 3.25. The number of pyridine rings is 1. The number of piperidine rings is 1. The number of aromatic nitrogens is 1. The lowest BCUT2D eigenvalue weighted by atomic mass is 9.94. The highest BCUT2D eigenvalue weighted by atomic mass is 16.4. The highest BCUT2D eigenvalue weighted by Gasteiger charge is 2.30. The Morgan fingerprint density at radius 3 is 2.86 bits per heavy atom. The summed E-state index contributed by atoms with van der Waals surface area (Å²) in [5, 5.41) is 9.31. The van der Waals surface area contributed by atoms with Gasteiger partial charge in [-0.3, -0.25) is 14.7 Å². The average molecular weight is 304 g/mol. The van der Waals surface area contributed by atoms with Crippen LogP contribution in [0.2, 0.25) is 0 Å². The number of hydrogen-bond donors (Lipinski definition) is 1. The molecule has 22 heavy (non-hydrogen) atoms. The minimum Gasteiger partial charge on any atom is -0.481 e. The molecule has 0 spiro atoms. The summed E-state index contributed by atoms with van der Waals surface area (Å²) in [5.74, 6) is -0.888. The van der Waals surface area contributed by atoms with Gasteiger partial charge in [0.15, 0.2) is 0 Å². The first kappa shape index (κ1) is 16.9. The van der Waals surface area contributed by atoms with Gasteiger partial charge in [-0.25, -0.2) is 0 Å². The molecule has 2 unspecified atom stereocenters. The van der Waals surface area contributed by atoms with Crippen LogP contribution in [0, 0.1) is 5.92 Å². The Labute approximate surface area is 133 Å². The zero-order valence-electron chi connectivity index (χ0n) is 13.8. The Bertz CT molecular complexity index is 472. The van der Waals surface area contributed by atoms with Gasteiger partial charge in [0, 0.05) is 12.7 Å². The van der Waals surface area contributed by atoms with Crippen LogP contribution in [0.25, 0.3) is 0 Å². The first-order chi connectivity index (χ1) is 10.7. The minimum atomic E-state index is -0.659. The predicted octanol–water partition coefficient (Wildman–Crippen LogP) is 3.67. The van der Waals surface area contributed by atoms with E-state index in [4.69, 9.17) is 0 Å². The summed E-state index contributed by atoms with van der Waals surface area (Å²) >= 11 is 0. The van der Waals surface area contributed by atoms with Gasteiger partial charge >= 0.3 is 5.97 Å². The number of carboxylic acid groups (broad SMARTS) is 1. The summed E-state index contributed by atoms with van der Waals surface area (Å²) in [6, 6.07) is 4.54. The van der Waals surface area contributed by atoms with Gasteiger partial charge in [-0.2, -0.15) is 0 Å². The zero-order chi connectivity index (χ0) is 15.9. The molecule has 0 radical (unpaired) electrons. The Morgan fingerprint density at radius 2 is 2.27 bits per heavy atom. The fraction of sp³-hybridized carbons (Fsp3) is 0.667. The van der Waals surface area contributed by atoms with Crippen LogP contribution in [-0.4, -0.2) is 34.0 Å². The second-order valence-electron chi connectivity index (χ2n) is 6.28. The number of aryl methyl sites for hydroxylation is 1. The van der Waals surface area contributed by atoms with Crippen LogP contribution in [0.15, 0.2) is 18.3 Å². The molecule has 1 aliphatic heterocycles. The van der Waals surface area contributed by atoms with Gasteiger partial charge in [0.05, 0.1) is 17.7 Å². The topological polar surface area (TPSA) is 53.4 Å². The number of rotatable bonds is 7. The van der Waals surface area contributed by atoms with E-state index in [0.29, 0.717) is 6.54 Å². The molecule has 1 aliphatic rings. The van der Waals surface area contributed by atoms with Crippen molar-refractivity contribution in [1.82, 2.24) is 9.88 Å². The summed E-state index contributed by atoms with van der Waals surface area (Å²) in [6.07, 6.45) is 8.09. The molecule has 1 aromatic heterocycles. The first-order valence-corrected chi connectivity index (χ1v) is 8.57. The van der Waals surface area contributed by atoms with E-state index in [0.717, 1.165) is 50.8 Å². The summed E-state index contributed by atoms with van der Waals surface area (Å²) in [7, 11) is 0. The van der Waals surface area contributed by atoms with Gasteiger partial charge in [0.1, 0.15) is 0 Å². The standard InChI is InChI=1S/C18H28N2O2/c1-3-5-8-17(16-10-9-14(4-2)12-19-16)20-11-6-7-15(13-20)18(21)22/h9-10,12,15,17H,3-8,11,13H2,1-2H3,(H,21,22). The number of unbranched alkanes of at least 4 members (excludes halogenated alkanes) is 1. The molecule has 1 N–H and O–H groups in total. The summed E-state index contributed by atoms with van der Waals surface area (Å²) < 4.78 is 0. The van der Waals surface area contributed by atoms with E-state index >= 15 is 0 Å². The SMILES string of the molecule is CCCCC(c1ccc(CC)cn1)N1CCCC(C(=O)O)C1. The fourth-order valence-electron chi connectivity index (χ4n) is 3.25. The Kier molecular flexibility index (Phi) is 6.37. The molecule has 0 bridgehead atoms. The van der Waals surface area contributed by atoms with Gasteiger partial charge in [-0.05, 0) is 43.9 Å². The zero-order valence-corrected chi connectivity index (χ0v) is 13.8. The number of carboxylic acids is 1. The van der Waals surface area contributed by atoms with Gasteiger partial charge in [-0.1, -0.05) is 32.8 Å². The number of likely N-dealkylation sites (tertiary alicyclic amines) is 1. The minimum absolute atomic E-state index is 0.229. The molecule has 2 heterocycles. The van der Waals surface area contributed by atoms with E-state index in [1.807, 2.05) is 6.20 Å². The molecule has 2 atom stereocenters. The summed E-state index contributed by atoms with van der Waals surface area (Å²) in [4.78, 5) is 18.3. The molecule has 0 aliphatic carbocycles. The molecule has 1 aromatic rings. The first-order valence-electron chi connectivity index (χ1n) is 8.57. The molecule has 0 saturated carbocycles. The van der Waals surface area contributed by atoms with Crippen molar-refractivity contribution in [3.63, 3.8) is 0 Å². The summed E-state index contributed by atoms with van der Waals surface area (Å²) in [5.41, 5.74) is 2.34. The molecule has 0 amide bonds.